The fraction of sp³-hybridized carbons (Fsp3) is 0.529. The molecule has 1 aromatic carbocycles. The van der Waals surface area contributed by atoms with Crippen molar-refractivity contribution in [3.05, 3.63) is 28.8 Å². The molecule has 0 saturated carbocycles. The van der Waals surface area contributed by atoms with Crippen LogP contribution in [-0.2, 0) is 0 Å². The summed E-state index contributed by atoms with van der Waals surface area (Å²) in [6, 6.07) is 5.79. The van der Waals surface area contributed by atoms with E-state index in [2.05, 4.69) is 19.1 Å². The van der Waals surface area contributed by atoms with Crippen LogP contribution in [0.5, 0.6) is 0 Å². The molecule has 0 fully saturated rings. The molecule has 0 aliphatic heterocycles. The minimum absolute atomic E-state index is 0.0367. The first-order valence-electron chi connectivity index (χ1n) is 8.32. The second-order valence-corrected chi connectivity index (χ2v) is 6.86. The van der Waals surface area contributed by atoms with Crippen LogP contribution in [0.15, 0.2) is 18.2 Å². The molecule has 1 heterocycles. The van der Waals surface area contributed by atoms with E-state index >= 15 is 0 Å². The molecule has 0 aliphatic carbocycles. The van der Waals surface area contributed by atoms with Crippen LogP contribution < -0.4 is 5.23 Å². The lowest BCUT2D eigenvalue weighted by Crippen LogP contribution is -2.19. The van der Waals surface area contributed by atoms with Crippen molar-refractivity contribution in [3.8, 4) is 0 Å². The molecule has 118 valence electrons. The van der Waals surface area contributed by atoms with Crippen LogP contribution in [0.1, 0.15) is 73.7 Å². The first kappa shape index (κ1) is 17.0. The Morgan fingerprint density at radius 3 is 2.55 bits per heavy atom. The van der Waals surface area contributed by atoms with E-state index < -0.39 is 0 Å². The Morgan fingerprint density at radius 2 is 1.95 bits per heavy atom. The van der Waals surface area contributed by atoms with E-state index in [0.29, 0.717) is 11.5 Å². The van der Waals surface area contributed by atoms with Crippen LogP contribution in [-0.4, -0.2) is 18.9 Å². The number of benzene rings is 1. The van der Waals surface area contributed by atoms with Gasteiger partial charge >= 0.3 is 0 Å². The molecule has 0 aliphatic rings. The Morgan fingerprint density at radius 1 is 1.27 bits per heavy atom. The van der Waals surface area contributed by atoms with Gasteiger partial charge in [0, 0.05) is 11.5 Å². The molecule has 0 saturated heterocycles. The van der Waals surface area contributed by atoms with Crippen LogP contribution in [0, 0.1) is 0 Å². The molecule has 0 bridgehead atoms. The summed E-state index contributed by atoms with van der Waals surface area (Å²) < 4.78 is 1.12. The average Bonchev–Trinajstić information content (AvgIpc) is 2.97. The zero-order valence-corrected chi connectivity index (χ0v) is 14.6. The Balaban J connectivity index is 2.26. The van der Waals surface area contributed by atoms with Crippen molar-refractivity contribution in [2.75, 3.05) is 0 Å². The topological polar surface area (TPSA) is 42.0 Å². The third-order valence-corrected chi connectivity index (χ3v) is 5.24. The van der Waals surface area contributed by atoms with Gasteiger partial charge in [-0.05, 0) is 31.0 Å². The number of nitrogens with one attached hydrogen (secondary N) is 1. The number of hydrogen-bond acceptors (Lipinski definition) is 3. The van der Waals surface area contributed by atoms with Gasteiger partial charge in [0.15, 0.2) is 0 Å². The standard InChI is InChI=1S/C17H25BN2OS/c1-3-5-7-12(8-6-4-2)17-19-14-10-9-13(16(21)20-18)11-15(14)22-17/h9-12H,3-8,18H2,1-2H3,(H,20,21). The number of carbonyl (C=O) groups excluding carboxylic acids is 1. The van der Waals surface area contributed by atoms with Gasteiger partial charge in [0.25, 0.3) is 0 Å². The van der Waals surface area contributed by atoms with Gasteiger partial charge in [0.1, 0.15) is 0 Å². The summed E-state index contributed by atoms with van der Waals surface area (Å²) in [4.78, 5) is 16.6. The minimum Gasteiger partial charge on any atom is -0.402 e. The lowest BCUT2D eigenvalue weighted by molar-refractivity contribution is 0.0981. The van der Waals surface area contributed by atoms with E-state index in [4.69, 9.17) is 4.98 Å². The van der Waals surface area contributed by atoms with Crippen LogP contribution in [0.25, 0.3) is 10.2 Å². The third-order valence-electron chi connectivity index (χ3n) is 4.06. The van der Waals surface area contributed by atoms with E-state index in [9.17, 15) is 4.79 Å². The second-order valence-electron chi connectivity index (χ2n) is 5.80. The van der Waals surface area contributed by atoms with Gasteiger partial charge in [0.05, 0.1) is 15.2 Å². The number of rotatable bonds is 8. The van der Waals surface area contributed by atoms with Crippen molar-refractivity contribution in [2.24, 2.45) is 0 Å². The fourth-order valence-electron chi connectivity index (χ4n) is 2.69. The van der Waals surface area contributed by atoms with Gasteiger partial charge in [-0.15, -0.1) is 11.3 Å². The van der Waals surface area contributed by atoms with Crippen LogP contribution in [0.2, 0.25) is 0 Å². The average molecular weight is 316 g/mol. The SMILES string of the molecule is BNC(=O)c1ccc2nc(C(CCCC)CCCC)sc2c1. The molecule has 1 N–H and O–H groups in total. The summed E-state index contributed by atoms with van der Waals surface area (Å²) in [5.41, 5.74) is 1.73. The first-order valence-corrected chi connectivity index (χ1v) is 9.13. The second kappa shape index (κ2) is 8.32. The highest BCUT2D eigenvalue weighted by molar-refractivity contribution is 7.18. The fourth-order valence-corrected chi connectivity index (χ4v) is 3.87. The van der Waals surface area contributed by atoms with Gasteiger partial charge in [-0.25, -0.2) is 4.98 Å². The molecule has 0 spiro atoms. The Bertz CT molecular complexity index is 618. The highest BCUT2D eigenvalue weighted by atomic mass is 32.1. The van der Waals surface area contributed by atoms with E-state index in [1.807, 2.05) is 18.2 Å². The molecule has 0 unspecified atom stereocenters. The number of hydrogen-bond donors (Lipinski definition) is 1. The van der Waals surface area contributed by atoms with Crippen molar-refractivity contribution in [1.82, 2.24) is 10.2 Å². The maximum atomic E-state index is 11.8. The summed E-state index contributed by atoms with van der Waals surface area (Å²) in [7, 11) is 1.66. The van der Waals surface area contributed by atoms with Crippen LogP contribution >= 0.6 is 11.3 Å². The summed E-state index contributed by atoms with van der Waals surface area (Å²) in [5, 5.41) is 3.92. The first-order chi connectivity index (χ1) is 10.7. The maximum absolute atomic E-state index is 11.8. The Kier molecular flexibility index (Phi) is 6.43. The van der Waals surface area contributed by atoms with Crippen molar-refractivity contribution < 1.29 is 4.79 Å². The molecule has 0 atom stereocenters. The third kappa shape index (κ3) is 4.10. The lowest BCUT2D eigenvalue weighted by Gasteiger charge is -2.12. The van der Waals surface area contributed by atoms with Crippen LogP contribution in [0.3, 0.4) is 0 Å². The summed E-state index contributed by atoms with van der Waals surface area (Å²) in [6.07, 6.45) is 7.42. The van der Waals surface area contributed by atoms with Gasteiger partial charge in [-0.2, -0.15) is 0 Å². The van der Waals surface area contributed by atoms with Crippen LogP contribution in [0.4, 0.5) is 0 Å². The molecular formula is C17H25BN2OS. The predicted octanol–water partition coefficient (Wildman–Crippen LogP) is 4.04. The molecule has 2 rings (SSSR count). The van der Waals surface area contributed by atoms with Crippen molar-refractivity contribution in [1.29, 1.82) is 0 Å². The minimum atomic E-state index is -0.0367. The van der Waals surface area contributed by atoms with Gasteiger partial charge in [0.2, 0.25) is 13.9 Å². The highest BCUT2D eigenvalue weighted by Crippen LogP contribution is 2.34. The number of unbranched alkanes of at least 4 members (excludes halogenated alkanes) is 2. The van der Waals surface area contributed by atoms with Gasteiger partial charge in [-0.1, -0.05) is 39.5 Å². The molecule has 5 heteroatoms. The monoisotopic (exact) mass is 316 g/mol. The number of amides is 1. The quantitative estimate of drug-likeness (QED) is 0.747. The van der Waals surface area contributed by atoms with Crippen molar-refractivity contribution in [2.45, 2.75) is 58.3 Å². The van der Waals surface area contributed by atoms with Crippen molar-refractivity contribution in [3.63, 3.8) is 0 Å². The van der Waals surface area contributed by atoms with E-state index in [0.717, 1.165) is 10.2 Å². The number of nitrogens with zero attached hydrogens (tertiary/aromatic N) is 1. The molecule has 1 aromatic heterocycles. The largest absolute Gasteiger partial charge is 0.402 e. The molecule has 0 radical (unpaired) electrons. The molecule has 1 amide bonds. The smallest absolute Gasteiger partial charge is 0.238 e. The molecular weight excluding hydrogens is 291 g/mol. The predicted molar refractivity (Wildman–Crippen MR) is 97.4 cm³/mol. The Hall–Kier alpha value is -1.36. The van der Waals surface area contributed by atoms with E-state index in [1.54, 1.807) is 19.3 Å². The van der Waals surface area contributed by atoms with Crippen molar-refractivity contribution >= 4 is 35.4 Å². The zero-order valence-electron chi connectivity index (χ0n) is 13.8. The number of aromatic nitrogens is 1. The lowest BCUT2D eigenvalue weighted by atomic mass is 9.97. The molecule has 22 heavy (non-hydrogen) atoms. The number of carbonyl (C=O) groups is 1. The number of thiazole rings is 1. The number of fused-ring (bicyclic) bond motifs is 1. The maximum Gasteiger partial charge on any atom is 0.238 e. The highest BCUT2D eigenvalue weighted by Gasteiger charge is 2.16. The van der Waals surface area contributed by atoms with Gasteiger partial charge in [-0.3, -0.25) is 4.79 Å². The summed E-state index contributed by atoms with van der Waals surface area (Å²) >= 11 is 1.76. The van der Waals surface area contributed by atoms with Gasteiger partial charge < -0.3 is 5.23 Å². The summed E-state index contributed by atoms with van der Waals surface area (Å²) in [5.74, 6) is 0.533. The Labute approximate surface area is 138 Å². The van der Waals surface area contributed by atoms with E-state index in [-0.39, 0.29) is 5.91 Å². The summed E-state index contributed by atoms with van der Waals surface area (Å²) in [6.45, 7) is 4.48. The normalized spacial score (nSPS) is 11.2. The molecule has 3 nitrogen and oxygen atoms in total. The molecule has 2 aromatic rings. The van der Waals surface area contributed by atoms with E-state index in [1.165, 1.54) is 43.5 Å². The zero-order chi connectivity index (χ0) is 15.9.